The quantitative estimate of drug-likeness (QED) is 0.668. The van der Waals surface area contributed by atoms with E-state index in [4.69, 9.17) is 4.74 Å². The number of ether oxygens (including phenoxy) is 1. The van der Waals surface area contributed by atoms with Gasteiger partial charge < -0.3 is 4.74 Å². The van der Waals surface area contributed by atoms with E-state index in [9.17, 15) is 0 Å². The van der Waals surface area contributed by atoms with Crippen LogP contribution in [0.1, 0.15) is 12.5 Å². The molecule has 1 aromatic rings. The van der Waals surface area contributed by atoms with Crippen molar-refractivity contribution in [1.29, 1.82) is 0 Å². The molecule has 1 aromatic carbocycles. The van der Waals surface area contributed by atoms with Crippen LogP contribution in [0, 0.1) is 6.92 Å². The van der Waals surface area contributed by atoms with Gasteiger partial charge in [0.2, 0.25) is 0 Å². The Labute approximate surface area is 72.8 Å². The Morgan fingerprint density at radius 2 is 2.18 bits per heavy atom. The van der Waals surface area contributed by atoms with Gasteiger partial charge in [0, 0.05) is 4.90 Å². The number of thiol groups is 1. The van der Waals surface area contributed by atoms with Crippen LogP contribution in [0.2, 0.25) is 0 Å². The summed E-state index contributed by atoms with van der Waals surface area (Å²) in [6, 6.07) is 5.87. The van der Waals surface area contributed by atoms with E-state index in [1.165, 1.54) is 0 Å². The summed E-state index contributed by atoms with van der Waals surface area (Å²) >= 11 is 4.26. The summed E-state index contributed by atoms with van der Waals surface area (Å²) < 4.78 is 5.31. The van der Waals surface area contributed by atoms with Crippen molar-refractivity contribution in [1.82, 2.24) is 0 Å². The molecule has 0 heterocycles. The molecule has 0 N–H and O–H groups in total. The lowest BCUT2D eigenvalue weighted by atomic mass is 10.2. The monoisotopic (exact) mass is 168 g/mol. The van der Waals surface area contributed by atoms with Gasteiger partial charge in [0.05, 0.1) is 6.61 Å². The topological polar surface area (TPSA) is 9.23 Å². The largest absolute Gasteiger partial charge is 0.494 e. The zero-order valence-corrected chi connectivity index (χ0v) is 7.69. The first kappa shape index (κ1) is 8.47. The molecule has 0 bridgehead atoms. The Kier molecular flexibility index (Phi) is 2.83. The van der Waals surface area contributed by atoms with Gasteiger partial charge in [-0.05, 0) is 37.6 Å². The molecule has 60 valence electrons. The second-order valence-electron chi connectivity index (χ2n) is 2.38. The normalized spacial score (nSPS) is 9.73. The van der Waals surface area contributed by atoms with Crippen LogP contribution in [-0.2, 0) is 0 Å². The molecule has 0 spiro atoms. The van der Waals surface area contributed by atoms with Crippen LogP contribution in [0.3, 0.4) is 0 Å². The molecule has 1 rings (SSSR count). The molecule has 0 amide bonds. The van der Waals surface area contributed by atoms with E-state index >= 15 is 0 Å². The number of aryl methyl sites for hydroxylation is 1. The molecule has 0 aliphatic rings. The lowest BCUT2D eigenvalue weighted by molar-refractivity contribution is 0.340. The third kappa shape index (κ3) is 2.15. The first-order valence-corrected chi connectivity index (χ1v) is 4.11. The zero-order chi connectivity index (χ0) is 8.27. The van der Waals surface area contributed by atoms with Crippen molar-refractivity contribution in [3.05, 3.63) is 23.8 Å². The van der Waals surface area contributed by atoms with Gasteiger partial charge in [0.25, 0.3) is 0 Å². The van der Waals surface area contributed by atoms with Crippen LogP contribution in [0.25, 0.3) is 0 Å². The summed E-state index contributed by atoms with van der Waals surface area (Å²) in [7, 11) is 0. The third-order valence-electron chi connectivity index (χ3n) is 1.48. The van der Waals surface area contributed by atoms with Crippen molar-refractivity contribution < 1.29 is 4.74 Å². The average molecular weight is 168 g/mol. The van der Waals surface area contributed by atoms with Gasteiger partial charge in [-0.3, -0.25) is 0 Å². The number of hydrogen-bond donors (Lipinski definition) is 1. The van der Waals surface area contributed by atoms with E-state index in [2.05, 4.69) is 12.6 Å². The fraction of sp³-hybridized carbons (Fsp3) is 0.333. The van der Waals surface area contributed by atoms with Crippen LogP contribution < -0.4 is 4.74 Å². The summed E-state index contributed by atoms with van der Waals surface area (Å²) in [5, 5.41) is 0. The molecule has 1 nitrogen and oxygen atoms in total. The smallest absolute Gasteiger partial charge is 0.119 e. The lowest BCUT2D eigenvalue weighted by Crippen LogP contribution is -1.91. The highest BCUT2D eigenvalue weighted by molar-refractivity contribution is 7.80. The molecule has 0 fully saturated rings. The van der Waals surface area contributed by atoms with Crippen LogP contribution >= 0.6 is 12.6 Å². The van der Waals surface area contributed by atoms with Crippen molar-refractivity contribution in [2.75, 3.05) is 6.61 Å². The SMILES string of the molecule is CCOc1ccc(S)c(C)c1. The summed E-state index contributed by atoms with van der Waals surface area (Å²) in [6.07, 6.45) is 0. The standard InChI is InChI=1S/C9H12OS/c1-3-10-8-4-5-9(11)7(2)6-8/h4-6,11H,3H2,1-2H3. The number of hydrogen-bond acceptors (Lipinski definition) is 2. The van der Waals surface area contributed by atoms with Gasteiger partial charge >= 0.3 is 0 Å². The molecule has 0 radical (unpaired) electrons. The third-order valence-corrected chi connectivity index (χ3v) is 1.98. The minimum Gasteiger partial charge on any atom is -0.494 e. The molecular formula is C9H12OS. The fourth-order valence-electron chi connectivity index (χ4n) is 0.884. The summed E-state index contributed by atoms with van der Waals surface area (Å²) in [5.41, 5.74) is 1.15. The molecule has 11 heavy (non-hydrogen) atoms. The van der Waals surface area contributed by atoms with Gasteiger partial charge in [-0.25, -0.2) is 0 Å². The lowest BCUT2D eigenvalue weighted by Gasteiger charge is -2.04. The highest BCUT2D eigenvalue weighted by Crippen LogP contribution is 2.19. The van der Waals surface area contributed by atoms with Gasteiger partial charge in [0.15, 0.2) is 0 Å². The Morgan fingerprint density at radius 1 is 1.45 bits per heavy atom. The maximum Gasteiger partial charge on any atom is 0.119 e. The Bertz CT molecular complexity index is 245. The minimum absolute atomic E-state index is 0.714. The molecule has 0 aliphatic carbocycles. The number of benzene rings is 1. The van der Waals surface area contributed by atoms with E-state index in [1.54, 1.807) is 0 Å². The maximum absolute atomic E-state index is 5.31. The van der Waals surface area contributed by atoms with Crippen molar-refractivity contribution in [3.63, 3.8) is 0 Å². The predicted octanol–water partition coefficient (Wildman–Crippen LogP) is 2.68. The Morgan fingerprint density at radius 3 is 2.73 bits per heavy atom. The van der Waals surface area contributed by atoms with E-state index < -0.39 is 0 Å². The zero-order valence-electron chi connectivity index (χ0n) is 6.79. The summed E-state index contributed by atoms with van der Waals surface area (Å²) in [5.74, 6) is 0.919. The molecule has 0 saturated carbocycles. The van der Waals surface area contributed by atoms with Crippen molar-refractivity contribution >= 4 is 12.6 Å². The predicted molar refractivity (Wildman–Crippen MR) is 49.6 cm³/mol. The first-order valence-electron chi connectivity index (χ1n) is 3.66. The second-order valence-corrected chi connectivity index (χ2v) is 2.86. The molecule has 2 heteroatoms. The molecule has 0 aromatic heterocycles. The molecule has 0 atom stereocenters. The van der Waals surface area contributed by atoms with Gasteiger partial charge in [0.1, 0.15) is 5.75 Å². The summed E-state index contributed by atoms with van der Waals surface area (Å²) in [6.45, 7) is 4.71. The Hall–Kier alpha value is -0.630. The van der Waals surface area contributed by atoms with Gasteiger partial charge in [-0.1, -0.05) is 0 Å². The molecule has 0 aliphatic heterocycles. The Balaban J connectivity index is 2.86. The average Bonchev–Trinajstić information content (AvgIpc) is 1.98. The van der Waals surface area contributed by atoms with Gasteiger partial charge in [-0.2, -0.15) is 0 Å². The van der Waals surface area contributed by atoms with E-state index in [-0.39, 0.29) is 0 Å². The van der Waals surface area contributed by atoms with Crippen molar-refractivity contribution in [3.8, 4) is 5.75 Å². The second kappa shape index (κ2) is 3.67. The van der Waals surface area contributed by atoms with Crippen LogP contribution in [-0.4, -0.2) is 6.61 Å². The van der Waals surface area contributed by atoms with Crippen LogP contribution in [0.15, 0.2) is 23.1 Å². The highest BCUT2D eigenvalue weighted by atomic mass is 32.1. The van der Waals surface area contributed by atoms with Crippen LogP contribution in [0.4, 0.5) is 0 Å². The maximum atomic E-state index is 5.31. The van der Waals surface area contributed by atoms with Crippen LogP contribution in [0.5, 0.6) is 5.75 Å². The van der Waals surface area contributed by atoms with E-state index in [1.807, 2.05) is 32.0 Å². The number of rotatable bonds is 2. The van der Waals surface area contributed by atoms with E-state index in [0.29, 0.717) is 6.61 Å². The minimum atomic E-state index is 0.714. The van der Waals surface area contributed by atoms with Crippen molar-refractivity contribution in [2.24, 2.45) is 0 Å². The molecule has 0 unspecified atom stereocenters. The van der Waals surface area contributed by atoms with Gasteiger partial charge in [-0.15, -0.1) is 12.6 Å². The molecule has 0 saturated heterocycles. The fourth-order valence-corrected chi connectivity index (χ4v) is 1.02. The first-order chi connectivity index (χ1) is 5.24. The highest BCUT2D eigenvalue weighted by Gasteiger charge is 1.95. The molecular weight excluding hydrogens is 156 g/mol. The summed E-state index contributed by atoms with van der Waals surface area (Å²) in [4.78, 5) is 1.01. The van der Waals surface area contributed by atoms with Crippen molar-refractivity contribution in [2.45, 2.75) is 18.7 Å². The van der Waals surface area contributed by atoms with E-state index in [0.717, 1.165) is 16.2 Å².